The van der Waals surface area contributed by atoms with Gasteiger partial charge in [-0.05, 0) is 36.0 Å². The minimum atomic E-state index is -0.521. The van der Waals surface area contributed by atoms with Gasteiger partial charge in [0.1, 0.15) is 5.75 Å². The van der Waals surface area contributed by atoms with Crippen LogP contribution in [0, 0.1) is 10.1 Å². The van der Waals surface area contributed by atoms with Crippen LogP contribution in [0.15, 0.2) is 51.5 Å². The minimum absolute atomic E-state index is 0.112. The van der Waals surface area contributed by atoms with Crippen LogP contribution in [0.2, 0.25) is 10.0 Å². The fourth-order valence-corrected chi connectivity index (χ4v) is 3.54. The van der Waals surface area contributed by atoms with E-state index < -0.39 is 10.8 Å². The molecule has 1 heterocycles. The molecule has 2 aromatic carbocycles. The van der Waals surface area contributed by atoms with Crippen molar-refractivity contribution in [3.63, 3.8) is 0 Å². The Balaban J connectivity index is 1.81. The molecule has 29 heavy (non-hydrogen) atoms. The highest BCUT2D eigenvalue weighted by Gasteiger charge is 2.24. The molecule has 0 aliphatic carbocycles. The number of halogens is 2. The molecular formula is C18H12Cl2N4O4S. The highest BCUT2D eigenvalue weighted by Crippen LogP contribution is 2.31. The number of methoxy groups -OCH3 is 1. The molecule has 0 saturated carbocycles. The first-order valence-electron chi connectivity index (χ1n) is 7.97. The quantitative estimate of drug-likeness (QED) is 0.312. The van der Waals surface area contributed by atoms with Crippen molar-refractivity contribution >= 4 is 64.0 Å². The molecule has 1 N–H and O–H groups in total. The van der Waals surface area contributed by atoms with Crippen molar-refractivity contribution < 1.29 is 14.5 Å². The van der Waals surface area contributed by atoms with Crippen LogP contribution in [0.3, 0.4) is 0 Å². The van der Waals surface area contributed by atoms with Gasteiger partial charge >= 0.3 is 0 Å². The van der Waals surface area contributed by atoms with Crippen LogP contribution >= 0.6 is 35.0 Å². The Bertz CT molecular complexity index is 1090. The number of amides is 1. The first-order valence-corrected chi connectivity index (χ1v) is 9.54. The molecule has 1 fully saturated rings. The van der Waals surface area contributed by atoms with E-state index in [1.807, 2.05) is 0 Å². The van der Waals surface area contributed by atoms with Gasteiger partial charge < -0.3 is 4.74 Å². The zero-order valence-corrected chi connectivity index (χ0v) is 17.1. The number of carbonyl (C=O) groups is 1. The maximum atomic E-state index is 12.2. The largest absolute Gasteiger partial charge is 0.496 e. The third-order valence-corrected chi connectivity index (χ3v) is 5.13. The van der Waals surface area contributed by atoms with E-state index in [-0.39, 0.29) is 10.9 Å². The summed E-state index contributed by atoms with van der Waals surface area (Å²) in [6.45, 7) is 0. The number of nitro groups is 1. The van der Waals surface area contributed by atoms with Gasteiger partial charge in [-0.3, -0.25) is 20.2 Å². The summed E-state index contributed by atoms with van der Waals surface area (Å²) in [4.78, 5) is 23.0. The Morgan fingerprint density at radius 1 is 1.21 bits per heavy atom. The van der Waals surface area contributed by atoms with E-state index in [9.17, 15) is 14.9 Å². The number of benzene rings is 2. The predicted octanol–water partition coefficient (Wildman–Crippen LogP) is 4.50. The lowest BCUT2D eigenvalue weighted by Gasteiger charge is -2.04. The molecule has 1 saturated heterocycles. The van der Waals surface area contributed by atoms with Crippen LogP contribution < -0.4 is 10.1 Å². The molecule has 0 atom stereocenters. The molecule has 2 aromatic rings. The van der Waals surface area contributed by atoms with Crippen molar-refractivity contribution in [2.45, 2.75) is 0 Å². The second kappa shape index (κ2) is 9.08. The SMILES string of the molecule is COc1ccc([N+](=O)[O-])cc1/C=C1/S/C(=N/N=C/c2ccc(Cl)cc2Cl)NC1=O. The maximum absolute atomic E-state index is 12.2. The lowest BCUT2D eigenvalue weighted by Crippen LogP contribution is -2.19. The molecule has 1 aliphatic heterocycles. The van der Waals surface area contributed by atoms with Crippen LogP contribution in [0.5, 0.6) is 5.75 Å². The molecule has 1 aliphatic rings. The molecule has 0 spiro atoms. The van der Waals surface area contributed by atoms with Gasteiger partial charge in [0.25, 0.3) is 11.6 Å². The van der Waals surface area contributed by atoms with Crippen molar-refractivity contribution in [2.24, 2.45) is 10.2 Å². The summed E-state index contributed by atoms with van der Waals surface area (Å²) in [5, 5.41) is 22.6. The summed E-state index contributed by atoms with van der Waals surface area (Å²) in [5.41, 5.74) is 0.906. The van der Waals surface area contributed by atoms with Crippen LogP contribution in [-0.4, -0.2) is 29.3 Å². The van der Waals surface area contributed by atoms with Crippen molar-refractivity contribution in [1.82, 2.24) is 5.32 Å². The molecule has 0 aromatic heterocycles. The smallest absolute Gasteiger partial charge is 0.270 e. The van der Waals surface area contributed by atoms with E-state index in [4.69, 9.17) is 27.9 Å². The van der Waals surface area contributed by atoms with Crippen molar-refractivity contribution in [3.8, 4) is 5.75 Å². The third-order valence-electron chi connectivity index (χ3n) is 3.67. The number of rotatable bonds is 5. The number of thioether (sulfide) groups is 1. The molecule has 0 bridgehead atoms. The Morgan fingerprint density at radius 3 is 2.69 bits per heavy atom. The second-order valence-electron chi connectivity index (χ2n) is 5.56. The number of carbonyl (C=O) groups excluding carboxylic acids is 1. The molecule has 11 heteroatoms. The van der Waals surface area contributed by atoms with E-state index in [0.717, 1.165) is 11.8 Å². The van der Waals surface area contributed by atoms with Crippen LogP contribution in [0.1, 0.15) is 11.1 Å². The van der Waals surface area contributed by atoms with Gasteiger partial charge in [0.2, 0.25) is 0 Å². The molecule has 148 valence electrons. The van der Waals surface area contributed by atoms with Crippen molar-refractivity contribution in [1.29, 1.82) is 0 Å². The maximum Gasteiger partial charge on any atom is 0.270 e. The summed E-state index contributed by atoms with van der Waals surface area (Å²) in [6.07, 6.45) is 2.93. The van der Waals surface area contributed by atoms with E-state index in [1.54, 1.807) is 18.2 Å². The monoisotopic (exact) mass is 450 g/mol. The van der Waals surface area contributed by atoms with Gasteiger partial charge in [0, 0.05) is 28.3 Å². The molecule has 8 nitrogen and oxygen atoms in total. The van der Waals surface area contributed by atoms with Gasteiger partial charge in [-0.25, -0.2) is 0 Å². The Hall–Kier alpha value is -2.88. The van der Waals surface area contributed by atoms with Crippen LogP contribution in [-0.2, 0) is 4.79 Å². The third kappa shape index (κ3) is 5.14. The Labute approximate surface area is 179 Å². The Kier molecular flexibility index (Phi) is 6.53. The van der Waals surface area contributed by atoms with Crippen LogP contribution in [0.25, 0.3) is 6.08 Å². The van der Waals surface area contributed by atoms with Gasteiger partial charge in [0.15, 0.2) is 5.17 Å². The summed E-state index contributed by atoms with van der Waals surface area (Å²) >= 11 is 12.9. The number of nitro benzene ring substituents is 1. The van der Waals surface area contributed by atoms with E-state index in [0.29, 0.717) is 31.8 Å². The molecule has 0 radical (unpaired) electrons. The highest BCUT2D eigenvalue weighted by atomic mass is 35.5. The highest BCUT2D eigenvalue weighted by molar-refractivity contribution is 8.18. The van der Waals surface area contributed by atoms with Crippen molar-refractivity contribution in [3.05, 3.63) is 72.6 Å². The normalized spacial score (nSPS) is 16.6. The van der Waals surface area contributed by atoms with E-state index in [1.165, 1.54) is 37.6 Å². The zero-order valence-electron chi connectivity index (χ0n) is 14.8. The number of hydrogen-bond acceptors (Lipinski definition) is 7. The summed E-state index contributed by atoms with van der Waals surface area (Å²) in [7, 11) is 1.44. The molecule has 0 unspecified atom stereocenters. The van der Waals surface area contributed by atoms with E-state index in [2.05, 4.69) is 15.5 Å². The summed E-state index contributed by atoms with van der Waals surface area (Å²) < 4.78 is 5.20. The van der Waals surface area contributed by atoms with Crippen LogP contribution in [0.4, 0.5) is 5.69 Å². The first-order chi connectivity index (χ1) is 13.9. The van der Waals surface area contributed by atoms with Crippen molar-refractivity contribution in [2.75, 3.05) is 7.11 Å². The summed E-state index contributed by atoms with van der Waals surface area (Å²) in [5.74, 6) is -0.000626. The molecule has 3 rings (SSSR count). The number of hydrogen-bond donors (Lipinski definition) is 1. The average Bonchev–Trinajstić information content (AvgIpc) is 3.02. The first kappa shape index (κ1) is 20.8. The van der Waals surface area contributed by atoms with Gasteiger partial charge in [-0.1, -0.05) is 29.3 Å². The van der Waals surface area contributed by atoms with E-state index >= 15 is 0 Å². The fraction of sp³-hybridized carbons (Fsp3) is 0.0556. The van der Waals surface area contributed by atoms with Gasteiger partial charge in [-0.2, -0.15) is 5.10 Å². The topological polar surface area (TPSA) is 106 Å². The lowest BCUT2D eigenvalue weighted by molar-refractivity contribution is -0.384. The minimum Gasteiger partial charge on any atom is -0.496 e. The predicted molar refractivity (Wildman–Crippen MR) is 115 cm³/mol. The number of non-ortho nitro benzene ring substituents is 1. The zero-order chi connectivity index (χ0) is 21.0. The molecule has 1 amide bonds. The fourth-order valence-electron chi connectivity index (χ4n) is 2.31. The number of ether oxygens (including phenoxy) is 1. The number of amidine groups is 1. The van der Waals surface area contributed by atoms with Gasteiger partial charge in [0.05, 0.1) is 28.2 Å². The number of nitrogens with one attached hydrogen (secondary N) is 1. The number of nitrogens with zero attached hydrogens (tertiary/aromatic N) is 3. The molecular weight excluding hydrogens is 439 g/mol. The Morgan fingerprint density at radius 2 is 2.00 bits per heavy atom. The summed E-state index contributed by atoms with van der Waals surface area (Å²) in [6, 6.07) is 9.06. The van der Waals surface area contributed by atoms with Gasteiger partial charge in [-0.15, -0.1) is 5.10 Å². The average molecular weight is 451 g/mol. The second-order valence-corrected chi connectivity index (χ2v) is 7.44. The lowest BCUT2D eigenvalue weighted by atomic mass is 10.1. The standard InChI is InChI=1S/C18H12Cl2N4O4S/c1-28-15-5-4-13(24(26)27)6-11(15)7-16-17(25)22-18(29-16)23-21-9-10-2-3-12(19)8-14(10)20/h2-9H,1H3,(H,22,23,25)/b16-7+,21-9+.